The van der Waals surface area contributed by atoms with E-state index in [-0.39, 0.29) is 17.3 Å². The van der Waals surface area contributed by atoms with Gasteiger partial charge in [0.2, 0.25) is 10.0 Å². The van der Waals surface area contributed by atoms with Crippen LogP contribution in [0, 0.1) is 0 Å². The van der Waals surface area contributed by atoms with Crippen LogP contribution in [0.5, 0.6) is 0 Å². The van der Waals surface area contributed by atoms with E-state index in [9.17, 15) is 17.4 Å². The first-order chi connectivity index (χ1) is 11.3. The van der Waals surface area contributed by atoms with Crippen molar-refractivity contribution in [3.8, 4) is 0 Å². The fourth-order valence-corrected chi connectivity index (χ4v) is 4.09. The van der Waals surface area contributed by atoms with Gasteiger partial charge in [-0.15, -0.1) is 0 Å². The van der Waals surface area contributed by atoms with Gasteiger partial charge in [-0.2, -0.15) is 0 Å². The van der Waals surface area contributed by atoms with E-state index in [4.69, 9.17) is 16.3 Å². The molecule has 1 rings (SSSR count). The molecular weight excluding hydrogens is 374 g/mol. The molecule has 0 saturated heterocycles. The number of sulfonamides is 1. The van der Waals surface area contributed by atoms with Crippen LogP contribution in [-0.2, 0) is 30.4 Å². The van der Waals surface area contributed by atoms with E-state index in [0.717, 1.165) is 6.42 Å². The summed E-state index contributed by atoms with van der Waals surface area (Å²) >= 11 is 5.73. The minimum atomic E-state index is -3.53. The van der Waals surface area contributed by atoms with Crippen molar-refractivity contribution in [1.29, 1.82) is 0 Å². The van der Waals surface area contributed by atoms with Crippen LogP contribution >= 0.6 is 11.6 Å². The highest BCUT2D eigenvalue weighted by molar-refractivity contribution is 7.89. The van der Waals surface area contributed by atoms with Crippen LogP contribution in [0.3, 0.4) is 0 Å². The molecule has 1 unspecified atom stereocenters. The second-order valence-electron chi connectivity index (χ2n) is 5.01. The first-order valence-electron chi connectivity index (χ1n) is 7.61. The van der Waals surface area contributed by atoms with Crippen LogP contribution in [0.1, 0.15) is 26.2 Å². The van der Waals surface area contributed by atoms with Crippen molar-refractivity contribution in [2.75, 3.05) is 24.7 Å². The standard InChI is InChI=1S/C15H22ClNO5S2/c1-2-22-15(18)12-23(19)11-5-3-4-10-17-24(20,21)14-8-6-13(16)7-9-14/h6-9,17H,2-5,10-12H2,1H3. The van der Waals surface area contributed by atoms with E-state index in [1.54, 1.807) is 6.92 Å². The van der Waals surface area contributed by atoms with E-state index < -0.39 is 26.8 Å². The lowest BCUT2D eigenvalue weighted by atomic mass is 10.2. The molecule has 0 amide bonds. The zero-order valence-corrected chi connectivity index (χ0v) is 15.9. The second-order valence-corrected chi connectivity index (χ2v) is 8.79. The summed E-state index contributed by atoms with van der Waals surface area (Å²) in [6.07, 6.45) is 2.01. The number of hydrogen-bond acceptors (Lipinski definition) is 5. The number of benzene rings is 1. The lowest BCUT2D eigenvalue weighted by molar-refractivity contribution is -0.139. The fraction of sp³-hybridized carbons (Fsp3) is 0.533. The number of halogens is 1. The molecule has 1 N–H and O–H groups in total. The maximum Gasteiger partial charge on any atom is 0.318 e. The summed E-state index contributed by atoms with van der Waals surface area (Å²) in [6.45, 7) is 2.28. The van der Waals surface area contributed by atoms with Gasteiger partial charge in [0.05, 0.1) is 11.5 Å². The summed E-state index contributed by atoms with van der Waals surface area (Å²) in [6, 6.07) is 5.94. The molecule has 136 valence electrons. The van der Waals surface area contributed by atoms with Gasteiger partial charge < -0.3 is 4.74 Å². The molecule has 1 aromatic rings. The highest BCUT2D eigenvalue weighted by Crippen LogP contribution is 2.13. The Balaban J connectivity index is 2.21. The topological polar surface area (TPSA) is 89.5 Å². The maximum atomic E-state index is 12.0. The van der Waals surface area contributed by atoms with Gasteiger partial charge in [-0.25, -0.2) is 13.1 Å². The van der Waals surface area contributed by atoms with Gasteiger partial charge in [0.1, 0.15) is 5.75 Å². The van der Waals surface area contributed by atoms with E-state index in [1.807, 2.05) is 0 Å². The monoisotopic (exact) mass is 395 g/mol. The molecule has 1 atom stereocenters. The number of nitrogens with one attached hydrogen (secondary N) is 1. The van der Waals surface area contributed by atoms with Crippen LogP contribution in [0.25, 0.3) is 0 Å². The van der Waals surface area contributed by atoms with Crippen molar-refractivity contribution in [3.63, 3.8) is 0 Å². The third kappa shape index (κ3) is 8.23. The molecule has 0 bridgehead atoms. The molecule has 0 saturated carbocycles. The highest BCUT2D eigenvalue weighted by atomic mass is 35.5. The quantitative estimate of drug-likeness (QED) is 0.457. The lowest BCUT2D eigenvalue weighted by Crippen LogP contribution is -2.24. The third-order valence-corrected chi connectivity index (χ3v) is 6.08. The minimum Gasteiger partial charge on any atom is -0.465 e. The second kappa shape index (κ2) is 10.8. The van der Waals surface area contributed by atoms with Crippen molar-refractivity contribution in [2.45, 2.75) is 31.1 Å². The maximum absolute atomic E-state index is 12.0. The summed E-state index contributed by atoms with van der Waals surface area (Å²) in [5, 5.41) is 0.477. The molecule has 1 aromatic carbocycles. The first-order valence-corrected chi connectivity index (χ1v) is 11.0. The van der Waals surface area contributed by atoms with Crippen molar-refractivity contribution in [1.82, 2.24) is 4.72 Å². The zero-order chi connectivity index (χ0) is 18.0. The smallest absolute Gasteiger partial charge is 0.318 e. The Morgan fingerprint density at radius 1 is 1.21 bits per heavy atom. The Morgan fingerprint density at radius 3 is 2.50 bits per heavy atom. The molecule has 9 heteroatoms. The van der Waals surface area contributed by atoms with Crippen LogP contribution in [0.4, 0.5) is 0 Å². The number of hydrogen-bond donors (Lipinski definition) is 1. The summed E-state index contributed by atoms with van der Waals surface area (Å²) in [4.78, 5) is 11.3. The van der Waals surface area contributed by atoms with Crippen LogP contribution in [0.15, 0.2) is 29.2 Å². The van der Waals surface area contributed by atoms with Crippen LogP contribution < -0.4 is 4.72 Å². The number of ether oxygens (including phenoxy) is 1. The first kappa shape index (κ1) is 21.1. The van der Waals surface area contributed by atoms with E-state index in [2.05, 4.69) is 4.72 Å². The number of carbonyl (C=O) groups excluding carboxylic acids is 1. The van der Waals surface area contributed by atoms with Gasteiger partial charge in [0.25, 0.3) is 0 Å². The SMILES string of the molecule is CCOC(=O)CS(=O)CCCCCNS(=O)(=O)c1ccc(Cl)cc1. The van der Waals surface area contributed by atoms with Crippen molar-refractivity contribution in [3.05, 3.63) is 29.3 Å². The third-order valence-electron chi connectivity index (χ3n) is 3.05. The number of carbonyl (C=O) groups is 1. The lowest BCUT2D eigenvalue weighted by Gasteiger charge is -2.07. The predicted octanol–water partition coefficient (Wildman–Crippen LogP) is 2.10. The van der Waals surface area contributed by atoms with E-state index in [1.165, 1.54) is 24.3 Å². The number of unbranched alkanes of at least 4 members (excludes halogenated alkanes) is 2. The van der Waals surface area contributed by atoms with Crippen molar-refractivity contribution < 1.29 is 22.2 Å². The predicted molar refractivity (Wildman–Crippen MR) is 95.0 cm³/mol. The summed E-state index contributed by atoms with van der Waals surface area (Å²) in [5.41, 5.74) is 0. The van der Waals surface area contributed by atoms with Gasteiger partial charge in [-0.3, -0.25) is 9.00 Å². The average Bonchev–Trinajstić information content (AvgIpc) is 2.51. The Bertz CT molecular complexity index is 646. The normalized spacial score (nSPS) is 12.8. The Morgan fingerprint density at radius 2 is 1.88 bits per heavy atom. The number of rotatable bonds is 11. The largest absolute Gasteiger partial charge is 0.465 e. The molecule has 0 aliphatic carbocycles. The molecular formula is C15H22ClNO5S2. The summed E-state index contributed by atoms with van der Waals surface area (Å²) < 4.78 is 42.9. The Labute approximate surface area is 150 Å². The molecule has 0 spiro atoms. The molecule has 0 aliphatic rings. The van der Waals surface area contributed by atoms with Gasteiger partial charge in [-0.05, 0) is 44.0 Å². The van der Waals surface area contributed by atoms with Gasteiger partial charge in [-0.1, -0.05) is 18.0 Å². The summed E-state index contributed by atoms with van der Waals surface area (Å²) in [7, 11) is -4.76. The number of esters is 1. The molecule has 24 heavy (non-hydrogen) atoms. The van der Waals surface area contributed by atoms with Crippen LogP contribution in [-0.4, -0.2) is 43.3 Å². The highest BCUT2D eigenvalue weighted by Gasteiger charge is 2.13. The molecule has 0 fully saturated rings. The Hall–Kier alpha value is -0.960. The zero-order valence-electron chi connectivity index (χ0n) is 13.5. The minimum absolute atomic E-state index is 0.0863. The van der Waals surface area contributed by atoms with Gasteiger partial charge >= 0.3 is 5.97 Å². The van der Waals surface area contributed by atoms with Crippen LogP contribution in [0.2, 0.25) is 5.02 Å². The van der Waals surface area contributed by atoms with Crippen molar-refractivity contribution >= 4 is 38.4 Å². The molecule has 0 aromatic heterocycles. The molecule has 0 aliphatic heterocycles. The van der Waals surface area contributed by atoms with Gasteiger partial charge in [0.15, 0.2) is 0 Å². The summed E-state index contributed by atoms with van der Waals surface area (Å²) in [5.74, 6) is -0.133. The molecule has 0 radical (unpaired) electrons. The van der Waals surface area contributed by atoms with E-state index in [0.29, 0.717) is 30.2 Å². The Kier molecular flexibility index (Phi) is 9.50. The van der Waals surface area contributed by atoms with Crippen molar-refractivity contribution in [2.24, 2.45) is 0 Å². The molecule has 0 heterocycles. The molecule has 6 nitrogen and oxygen atoms in total. The fourth-order valence-electron chi connectivity index (χ4n) is 1.87. The van der Waals surface area contributed by atoms with Gasteiger partial charge in [0, 0.05) is 28.1 Å². The average molecular weight is 396 g/mol. The van der Waals surface area contributed by atoms with E-state index >= 15 is 0 Å².